The van der Waals surface area contributed by atoms with Gasteiger partial charge < -0.3 is 10.6 Å². The van der Waals surface area contributed by atoms with Crippen molar-refractivity contribution in [3.05, 3.63) is 57.9 Å². The maximum Gasteiger partial charge on any atom is 0.274 e. The molecular weight excluding hydrogens is 369 g/mol. The lowest BCUT2D eigenvalue weighted by molar-refractivity contribution is 0.0770. The summed E-state index contributed by atoms with van der Waals surface area (Å²) in [6.45, 7) is 4.13. The largest absolute Gasteiger partial charge is 0.337 e. The van der Waals surface area contributed by atoms with Gasteiger partial charge in [0.1, 0.15) is 11.4 Å². The highest BCUT2D eigenvalue weighted by atomic mass is 35.5. The molecule has 0 bridgehead atoms. The van der Waals surface area contributed by atoms with Crippen LogP contribution in [0, 0.1) is 11.2 Å². The Kier molecular flexibility index (Phi) is 4.44. The van der Waals surface area contributed by atoms with E-state index in [9.17, 15) is 9.18 Å². The zero-order valence-corrected chi connectivity index (χ0v) is 15.6. The summed E-state index contributed by atoms with van der Waals surface area (Å²) in [5.41, 5.74) is 7.78. The van der Waals surface area contributed by atoms with Gasteiger partial charge in [-0.25, -0.2) is 9.37 Å². The molecule has 1 saturated heterocycles. The van der Waals surface area contributed by atoms with Gasteiger partial charge in [0.25, 0.3) is 5.91 Å². The van der Waals surface area contributed by atoms with Gasteiger partial charge in [-0.3, -0.25) is 14.8 Å². The molecule has 140 valence electrons. The number of likely N-dealkylation sites (tertiary alicyclic amines) is 1. The average Bonchev–Trinajstić information content (AvgIpc) is 3.27. The Morgan fingerprint density at radius 3 is 3.00 bits per heavy atom. The lowest BCUT2D eigenvalue weighted by Gasteiger charge is -2.22. The summed E-state index contributed by atoms with van der Waals surface area (Å²) in [4.78, 5) is 27.7. The van der Waals surface area contributed by atoms with E-state index in [-0.39, 0.29) is 34.1 Å². The van der Waals surface area contributed by atoms with Crippen molar-refractivity contribution in [1.29, 1.82) is 0 Å². The van der Waals surface area contributed by atoms with Crippen LogP contribution in [0.3, 0.4) is 0 Å². The van der Waals surface area contributed by atoms with Gasteiger partial charge in [-0.15, -0.1) is 0 Å². The topological polar surface area (TPSA) is 84.5 Å². The number of benzene rings is 1. The predicted octanol–water partition coefficient (Wildman–Crippen LogP) is 2.43. The van der Waals surface area contributed by atoms with E-state index in [2.05, 4.69) is 21.9 Å². The Labute approximate surface area is 161 Å². The molecule has 27 heavy (non-hydrogen) atoms. The zero-order chi connectivity index (χ0) is 19.2. The summed E-state index contributed by atoms with van der Waals surface area (Å²) >= 11 is 5.87. The number of nitrogens with two attached hydrogens (primary N) is 1. The number of fused-ring (bicyclic) bond motifs is 1. The summed E-state index contributed by atoms with van der Waals surface area (Å²) in [5, 5.41) is 0.0281. The van der Waals surface area contributed by atoms with Gasteiger partial charge in [0.2, 0.25) is 0 Å². The third-order valence-electron chi connectivity index (χ3n) is 5.22. The van der Waals surface area contributed by atoms with E-state index >= 15 is 0 Å². The van der Waals surface area contributed by atoms with Crippen molar-refractivity contribution in [2.45, 2.75) is 19.9 Å². The fourth-order valence-electron chi connectivity index (χ4n) is 3.49. The highest BCUT2D eigenvalue weighted by Gasteiger charge is 2.36. The van der Waals surface area contributed by atoms with Crippen LogP contribution in [0.15, 0.2) is 29.4 Å². The number of nitrogens with zero attached hydrogens (tertiary/aromatic N) is 4. The summed E-state index contributed by atoms with van der Waals surface area (Å²) in [6.07, 6.45) is 2.30. The monoisotopic (exact) mass is 387 g/mol. The van der Waals surface area contributed by atoms with Crippen molar-refractivity contribution in [3.63, 3.8) is 0 Å². The smallest absolute Gasteiger partial charge is 0.274 e. The third-order valence-corrected chi connectivity index (χ3v) is 5.51. The lowest BCUT2D eigenvalue weighted by atomic mass is 9.90. The number of carbonyl (C=O) groups is 1. The second-order valence-corrected chi connectivity index (χ2v) is 7.72. The van der Waals surface area contributed by atoms with Crippen LogP contribution < -0.4 is 5.73 Å². The van der Waals surface area contributed by atoms with E-state index in [4.69, 9.17) is 17.3 Å². The third kappa shape index (κ3) is 3.11. The van der Waals surface area contributed by atoms with Crippen LogP contribution in [0.2, 0.25) is 5.02 Å². The highest BCUT2D eigenvalue weighted by Crippen LogP contribution is 2.30. The molecule has 1 unspecified atom stereocenters. The van der Waals surface area contributed by atoms with Gasteiger partial charge in [-0.2, -0.15) is 0 Å². The van der Waals surface area contributed by atoms with Crippen LogP contribution in [0.1, 0.15) is 40.8 Å². The first-order valence-corrected chi connectivity index (χ1v) is 9.14. The average molecular weight is 388 g/mol. The number of carbonyl (C=O) groups excluding carboxylic acids is 1. The predicted molar refractivity (Wildman–Crippen MR) is 100 cm³/mol. The van der Waals surface area contributed by atoms with E-state index in [0.29, 0.717) is 36.7 Å². The molecule has 1 amide bonds. The van der Waals surface area contributed by atoms with Crippen LogP contribution in [0.4, 0.5) is 4.39 Å². The number of halogens is 2. The molecule has 1 atom stereocenters. The molecule has 1 aromatic carbocycles. The number of hydrogen-bond donors (Lipinski definition) is 1. The van der Waals surface area contributed by atoms with Gasteiger partial charge in [0, 0.05) is 18.7 Å². The van der Waals surface area contributed by atoms with E-state index in [1.165, 1.54) is 12.3 Å². The fraction of sp³-hybridized carbons (Fsp3) is 0.368. The number of rotatable bonds is 3. The number of hydrogen-bond acceptors (Lipinski definition) is 5. The van der Waals surface area contributed by atoms with Crippen molar-refractivity contribution in [2.24, 2.45) is 16.1 Å². The van der Waals surface area contributed by atoms with Crippen molar-refractivity contribution >= 4 is 23.2 Å². The summed E-state index contributed by atoms with van der Waals surface area (Å²) in [7, 11) is 0. The van der Waals surface area contributed by atoms with Gasteiger partial charge in [0.15, 0.2) is 5.82 Å². The molecule has 0 saturated carbocycles. The van der Waals surface area contributed by atoms with Crippen LogP contribution in [-0.2, 0) is 6.54 Å². The first kappa shape index (κ1) is 18.0. The molecule has 8 heteroatoms. The normalized spacial score (nSPS) is 21.3. The fourth-order valence-corrected chi connectivity index (χ4v) is 3.67. The highest BCUT2D eigenvalue weighted by molar-refractivity contribution is 6.31. The van der Waals surface area contributed by atoms with Crippen molar-refractivity contribution in [3.8, 4) is 0 Å². The first-order valence-electron chi connectivity index (χ1n) is 8.76. The number of aromatic nitrogens is 2. The zero-order valence-electron chi connectivity index (χ0n) is 14.9. The molecule has 0 spiro atoms. The van der Waals surface area contributed by atoms with Gasteiger partial charge in [0.05, 0.1) is 29.2 Å². The molecule has 1 aromatic heterocycles. The lowest BCUT2D eigenvalue weighted by Crippen LogP contribution is -2.35. The quantitative estimate of drug-likeness (QED) is 0.876. The Morgan fingerprint density at radius 2 is 2.26 bits per heavy atom. The van der Waals surface area contributed by atoms with Crippen molar-refractivity contribution < 1.29 is 9.18 Å². The molecule has 0 aliphatic carbocycles. The number of amides is 1. The molecule has 4 rings (SSSR count). The maximum absolute atomic E-state index is 14.3. The van der Waals surface area contributed by atoms with Crippen molar-refractivity contribution in [2.75, 3.05) is 19.6 Å². The summed E-state index contributed by atoms with van der Waals surface area (Å²) in [6, 6.07) is 4.75. The van der Waals surface area contributed by atoms with Crippen LogP contribution in [-0.4, -0.2) is 46.1 Å². The standard InChI is InChI=1S/C19H19ClFN5O/c1-19(9-22)5-6-26(10-19)18(27)14-8-24-17-13(25-14)7-23-16(17)11-3-2-4-12(20)15(11)21/h2-4,8H,5-7,9-10,22H2,1H3. The molecule has 0 radical (unpaired) electrons. The van der Waals surface area contributed by atoms with E-state index in [1.807, 2.05) is 0 Å². The molecule has 2 N–H and O–H groups in total. The minimum atomic E-state index is -0.536. The first-order chi connectivity index (χ1) is 12.9. The summed E-state index contributed by atoms with van der Waals surface area (Å²) < 4.78 is 14.3. The Hall–Kier alpha value is -2.38. The minimum Gasteiger partial charge on any atom is -0.337 e. The van der Waals surface area contributed by atoms with Crippen LogP contribution >= 0.6 is 11.6 Å². The van der Waals surface area contributed by atoms with Gasteiger partial charge >= 0.3 is 0 Å². The SMILES string of the molecule is CC1(CN)CCN(C(=O)c2cnc3c(n2)CN=C3c2cccc(Cl)c2F)C1. The van der Waals surface area contributed by atoms with E-state index in [1.54, 1.807) is 17.0 Å². The molecule has 2 aliphatic rings. The number of aliphatic imine (C=N–C) groups is 1. The van der Waals surface area contributed by atoms with Crippen LogP contribution in [0.5, 0.6) is 0 Å². The second-order valence-electron chi connectivity index (χ2n) is 7.31. The molecule has 6 nitrogen and oxygen atoms in total. The molecule has 1 fully saturated rings. The Morgan fingerprint density at radius 1 is 1.44 bits per heavy atom. The van der Waals surface area contributed by atoms with Gasteiger partial charge in [-0.05, 0) is 30.5 Å². The van der Waals surface area contributed by atoms with E-state index in [0.717, 1.165) is 6.42 Å². The second kappa shape index (κ2) is 6.65. The Bertz CT molecular complexity index is 963. The van der Waals surface area contributed by atoms with Crippen LogP contribution in [0.25, 0.3) is 0 Å². The van der Waals surface area contributed by atoms with Crippen molar-refractivity contribution in [1.82, 2.24) is 14.9 Å². The summed E-state index contributed by atoms with van der Waals surface area (Å²) in [5.74, 6) is -0.698. The van der Waals surface area contributed by atoms with Gasteiger partial charge in [-0.1, -0.05) is 24.6 Å². The maximum atomic E-state index is 14.3. The molecule has 2 aromatic rings. The molecule has 3 heterocycles. The minimum absolute atomic E-state index is 0.0281. The molecular formula is C19H19ClFN5O. The Balaban J connectivity index is 1.60. The van der Waals surface area contributed by atoms with E-state index < -0.39 is 5.82 Å². The molecule has 2 aliphatic heterocycles.